The number of anilines is 1. The monoisotopic (exact) mass is 382 g/mol. The highest BCUT2D eigenvalue weighted by molar-refractivity contribution is 5.79. The van der Waals surface area contributed by atoms with Gasteiger partial charge in [-0.3, -0.25) is 0 Å². The smallest absolute Gasteiger partial charge is 0.407 e. The van der Waals surface area contributed by atoms with Crippen molar-refractivity contribution in [3.8, 4) is 23.0 Å². The zero-order valence-electron chi connectivity index (χ0n) is 16.2. The molecule has 0 spiro atoms. The van der Waals surface area contributed by atoms with Gasteiger partial charge in [-0.2, -0.15) is 0 Å². The van der Waals surface area contributed by atoms with E-state index in [4.69, 9.17) is 10.5 Å². The van der Waals surface area contributed by atoms with Crippen LogP contribution in [0.4, 0.5) is 10.5 Å². The second-order valence-electron chi connectivity index (χ2n) is 7.07. The number of nitrogens with two attached hydrogens (primary N) is 1. The summed E-state index contributed by atoms with van der Waals surface area (Å²) in [5.41, 5.74) is 13.2. The number of rotatable bonds is 3. The van der Waals surface area contributed by atoms with Crippen LogP contribution < -0.4 is 11.1 Å². The van der Waals surface area contributed by atoms with E-state index < -0.39 is 6.09 Å². The highest BCUT2D eigenvalue weighted by atomic mass is 16.5. The zero-order chi connectivity index (χ0) is 20.2. The molecule has 3 N–H and O–H groups in total. The number of carbonyl (C=O) groups is 1. The van der Waals surface area contributed by atoms with Gasteiger partial charge in [-0.15, -0.1) is 0 Å². The van der Waals surface area contributed by atoms with Crippen molar-refractivity contribution in [2.24, 2.45) is 0 Å². The first kappa shape index (κ1) is 18.6. The molecule has 0 atom stereocenters. The van der Waals surface area contributed by atoms with Gasteiger partial charge in [0.1, 0.15) is 6.61 Å². The molecule has 3 aromatic rings. The first-order valence-electron chi connectivity index (χ1n) is 9.57. The average molecular weight is 382 g/mol. The predicted molar refractivity (Wildman–Crippen MR) is 116 cm³/mol. The summed E-state index contributed by atoms with van der Waals surface area (Å²) < 4.78 is 5.49. The Kier molecular flexibility index (Phi) is 5.22. The first-order chi connectivity index (χ1) is 14.1. The maximum Gasteiger partial charge on any atom is 0.407 e. The van der Waals surface area contributed by atoms with E-state index in [-0.39, 0.29) is 19.1 Å². The van der Waals surface area contributed by atoms with E-state index in [1.165, 1.54) is 22.3 Å². The Morgan fingerprint density at radius 3 is 2.34 bits per heavy atom. The van der Waals surface area contributed by atoms with Crippen LogP contribution in [0.5, 0.6) is 0 Å². The largest absolute Gasteiger partial charge is 0.449 e. The highest BCUT2D eigenvalue weighted by Gasteiger charge is 2.28. The van der Waals surface area contributed by atoms with E-state index in [0.29, 0.717) is 5.69 Å². The van der Waals surface area contributed by atoms with Crippen molar-refractivity contribution in [1.82, 2.24) is 5.32 Å². The summed E-state index contributed by atoms with van der Waals surface area (Å²) in [6.45, 7) is 2.47. The van der Waals surface area contributed by atoms with Crippen molar-refractivity contribution in [2.45, 2.75) is 12.8 Å². The fourth-order valence-electron chi connectivity index (χ4n) is 3.70. The number of ether oxygens (including phenoxy) is 1. The predicted octanol–water partition coefficient (Wildman–Crippen LogP) is 4.47. The molecule has 4 nitrogen and oxygen atoms in total. The number of carbonyl (C=O) groups excluding carboxylic acids is 1. The Morgan fingerprint density at radius 1 is 1.03 bits per heavy atom. The molecule has 0 fully saturated rings. The number of nitrogen functional groups attached to an aromatic ring is 1. The second kappa shape index (κ2) is 8.12. The summed E-state index contributed by atoms with van der Waals surface area (Å²) in [7, 11) is 0. The number of fused-ring (bicyclic) bond motifs is 3. The number of hydrogen-bond acceptors (Lipinski definition) is 3. The summed E-state index contributed by atoms with van der Waals surface area (Å²) in [5, 5.41) is 2.68. The lowest BCUT2D eigenvalue weighted by atomic mass is 9.98. The van der Waals surface area contributed by atoms with Crippen LogP contribution in [0.1, 0.15) is 28.2 Å². The third-order valence-corrected chi connectivity index (χ3v) is 5.09. The molecule has 0 bridgehead atoms. The van der Waals surface area contributed by atoms with Crippen molar-refractivity contribution in [3.63, 3.8) is 0 Å². The number of amides is 1. The number of hydrogen-bond donors (Lipinski definition) is 2. The van der Waals surface area contributed by atoms with Crippen LogP contribution in [0.3, 0.4) is 0 Å². The maximum absolute atomic E-state index is 12.1. The van der Waals surface area contributed by atoms with Crippen molar-refractivity contribution >= 4 is 11.8 Å². The van der Waals surface area contributed by atoms with Crippen LogP contribution >= 0.6 is 0 Å². The van der Waals surface area contributed by atoms with E-state index in [9.17, 15) is 4.79 Å². The highest BCUT2D eigenvalue weighted by Crippen LogP contribution is 2.44. The van der Waals surface area contributed by atoms with Crippen molar-refractivity contribution < 1.29 is 9.53 Å². The lowest BCUT2D eigenvalue weighted by Crippen LogP contribution is -2.26. The third-order valence-electron chi connectivity index (χ3n) is 5.09. The first-order valence-corrected chi connectivity index (χ1v) is 9.57. The summed E-state index contributed by atoms with van der Waals surface area (Å²) in [4.78, 5) is 12.1. The molecule has 29 heavy (non-hydrogen) atoms. The number of alkyl carbamates (subject to hydrolysis) is 1. The number of aryl methyl sites for hydroxylation is 1. The summed E-state index contributed by atoms with van der Waals surface area (Å²) in [6, 6.07) is 22.2. The molecule has 0 saturated carbocycles. The van der Waals surface area contributed by atoms with Gasteiger partial charge in [0.15, 0.2) is 0 Å². The van der Waals surface area contributed by atoms with E-state index in [1.807, 2.05) is 49.4 Å². The Hall–Kier alpha value is -3.71. The molecule has 4 rings (SSSR count). The van der Waals surface area contributed by atoms with Gasteiger partial charge >= 0.3 is 6.09 Å². The Bertz CT molecular complexity index is 1080. The molecule has 1 aliphatic carbocycles. The molecule has 144 valence electrons. The topological polar surface area (TPSA) is 64.3 Å². The summed E-state index contributed by atoms with van der Waals surface area (Å²) in [5.74, 6) is 5.93. The van der Waals surface area contributed by atoms with Crippen molar-refractivity contribution in [3.05, 3.63) is 89.0 Å². The van der Waals surface area contributed by atoms with Gasteiger partial charge < -0.3 is 15.8 Å². The summed E-state index contributed by atoms with van der Waals surface area (Å²) >= 11 is 0. The van der Waals surface area contributed by atoms with Crippen LogP contribution in [0.25, 0.3) is 11.1 Å². The van der Waals surface area contributed by atoms with E-state index >= 15 is 0 Å². The fourth-order valence-corrected chi connectivity index (χ4v) is 3.70. The standard InChI is InChI=1S/C25H22N2O2/c1-17-12-13-18(24(26)15-17)7-6-14-27-25(28)29-16-23-21-10-4-2-8-19(21)20-9-3-5-11-22(20)23/h2-5,8-13,15,23H,14,16,26H2,1H3,(H,27,28). The zero-order valence-corrected chi connectivity index (χ0v) is 16.2. The lowest BCUT2D eigenvalue weighted by molar-refractivity contribution is 0.144. The van der Waals surface area contributed by atoms with Crippen LogP contribution in [-0.2, 0) is 4.74 Å². The minimum atomic E-state index is -0.474. The minimum Gasteiger partial charge on any atom is -0.449 e. The Morgan fingerprint density at radius 2 is 1.69 bits per heavy atom. The van der Waals surface area contributed by atoms with Crippen molar-refractivity contribution in [2.75, 3.05) is 18.9 Å². The number of benzene rings is 3. The van der Waals surface area contributed by atoms with Gasteiger partial charge in [-0.25, -0.2) is 4.79 Å². The second-order valence-corrected chi connectivity index (χ2v) is 7.07. The molecule has 1 aliphatic rings. The molecule has 1 amide bonds. The van der Waals surface area contributed by atoms with Gasteiger partial charge in [-0.05, 0) is 46.9 Å². The van der Waals surface area contributed by atoms with Crippen LogP contribution in [0.2, 0.25) is 0 Å². The quantitative estimate of drug-likeness (QED) is 0.519. The van der Waals surface area contributed by atoms with Gasteiger partial charge in [0.25, 0.3) is 0 Å². The molecule has 0 saturated heterocycles. The third kappa shape index (κ3) is 3.95. The molecule has 0 unspecified atom stereocenters. The van der Waals surface area contributed by atoms with Gasteiger partial charge in [-0.1, -0.05) is 66.4 Å². The molecule has 0 aliphatic heterocycles. The number of nitrogens with one attached hydrogen (secondary N) is 1. The molecule has 0 radical (unpaired) electrons. The van der Waals surface area contributed by atoms with E-state index in [1.54, 1.807) is 0 Å². The lowest BCUT2D eigenvalue weighted by Gasteiger charge is -2.14. The molecule has 0 aromatic heterocycles. The van der Waals surface area contributed by atoms with Crippen LogP contribution in [0.15, 0.2) is 66.7 Å². The van der Waals surface area contributed by atoms with Gasteiger partial charge in [0.05, 0.1) is 6.54 Å². The normalized spacial score (nSPS) is 11.8. The fraction of sp³-hybridized carbons (Fsp3) is 0.160. The van der Waals surface area contributed by atoms with E-state index in [2.05, 4.69) is 41.4 Å². The Labute approximate surface area is 170 Å². The molecule has 4 heteroatoms. The van der Waals surface area contributed by atoms with Crippen LogP contribution in [-0.4, -0.2) is 19.2 Å². The minimum absolute atomic E-state index is 0.0478. The summed E-state index contributed by atoms with van der Waals surface area (Å²) in [6.07, 6.45) is -0.474. The molecular formula is C25H22N2O2. The van der Waals surface area contributed by atoms with Gasteiger partial charge in [0, 0.05) is 17.2 Å². The average Bonchev–Trinajstić information content (AvgIpc) is 3.05. The molecule has 0 heterocycles. The molecular weight excluding hydrogens is 360 g/mol. The maximum atomic E-state index is 12.1. The Balaban J connectivity index is 1.35. The van der Waals surface area contributed by atoms with Crippen LogP contribution in [0, 0.1) is 18.8 Å². The van der Waals surface area contributed by atoms with Gasteiger partial charge in [0.2, 0.25) is 0 Å². The van der Waals surface area contributed by atoms with Crippen molar-refractivity contribution in [1.29, 1.82) is 0 Å². The SMILES string of the molecule is Cc1ccc(C#CCNC(=O)OCC2c3ccccc3-c3ccccc32)c(N)c1. The molecule has 3 aromatic carbocycles. The van der Waals surface area contributed by atoms with E-state index in [0.717, 1.165) is 11.1 Å².